The number of hydrogen-bond acceptors (Lipinski definition) is 3. The molecule has 3 N–H and O–H groups in total. The first-order valence-electron chi connectivity index (χ1n) is 7.16. The highest BCUT2D eigenvalue weighted by Gasteiger charge is 2.29. The maximum atomic E-state index is 12.5. The molecule has 0 bridgehead atoms. The van der Waals surface area contributed by atoms with Crippen LogP contribution in [-0.2, 0) is 12.7 Å². The van der Waals surface area contributed by atoms with Gasteiger partial charge in [0, 0.05) is 6.07 Å². The minimum atomic E-state index is -4.38. The van der Waals surface area contributed by atoms with Crippen molar-refractivity contribution in [2.45, 2.75) is 25.7 Å². The van der Waals surface area contributed by atoms with Crippen LogP contribution in [0.5, 0.6) is 0 Å². The maximum absolute atomic E-state index is 12.5. The number of benzene rings is 1. The van der Waals surface area contributed by atoms with Gasteiger partial charge in [-0.1, -0.05) is 12.1 Å². The first kappa shape index (κ1) is 17.8. The molecule has 2 amide bonds. The number of aliphatic hydroxyl groups is 1. The monoisotopic (exact) mass is 342 g/mol. The third kappa shape index (κ3) is 4.72. The minimum absolute atomic E-state index is 0.196. The van der Waals surface area contributed by atoms with E-state index < -0.39 is 23.8 Å². The molecule has 0 saturated heterocycles. The van der Waals surface area contributed by atoms with Crippen molar-refractivity contribution in [3.63, 3.8) is 0 Å². The molecule has 2 rings (SSSR count). The van der Waals surface area contributed by atoms with Crippen molar-refractivity contribution < 1.29 is 23.1 Å². The number of aliphatic hydroxyl groups excluding tert-OH is 1. The van der Waals surface area contributed by atoms with Crippen LogP contribution >= 0.6 is 0 Å². The van der Waals surface area contributed by atoms with Crippen LogP contribution in [0.4, 0.5) is 23.8 Å². The van der Waals surface area contributed by atoms with Gasteiger partial charge in [-0.2, -0.15) is 18.3 Å². The van der Waals surface area contributed by atoms with Crippen LogP contribution in [-0.4, -0.2) is 33.6 Å². The van der Waals surface area contributed by atoms with E-state index in [4.69, 9.17) is 5.11 Å². The Hall–Kier alpha value is -2.55. The standard InChI is InChI=1S/C15H17F3N4O2/c1-10(9-23)20-14(24)21-13-6-7-19-22(13)8-11-2-4-12(5-3-11)15(16,17)18/h2-7,10,23H,8-9H2,1H3,(H2,20,21,24). The zero-order valence-corrected chi connectivity index (χ0v) is 12.8. The average molecular weight is 342 g/mol. The molecule has 0 saturated carbocycles. The molecule has 1 aromatic heterocycles. The number of alkyl halides is 3. The normalized spacial score (nSPS) is 12.7. The Bertz CT molecular complexity index is 683. The van der Waals surface area contributed by atoms with Crippen LogP contribution in [0.25, 0.3) is 0 Å². The smallest absolute Gasteiger partial charge is 0.394 e. The van der Waals surface area contributed by atoms with Crippen molar-refractivity contribution in [3.8, 4) is 0 Å². The van der Waals surface area contributed by atoms with Crippen LogP contribution in [0.2, 0.25) is 0 Å². The predicted octanol–water partition coefficient (Wildman–Crippen LogP) is 2.45. The molecule has 0 aliphatic heterocycles. The fourth-order valence-electron chi connectivity index (χ4n) is 1.96. The van der Waals surface area contributed by atoms with E-state index in [1.165, 1.54) is 23.0 Å². The van der Waals surface area contributed by atoms with E-state index in [-0.39, 0.29) is 13.2 Å². The van der Waals surface area contributed by atoms with Gasteiger partial charge in [-0.3, -0.25) is 5.32 Å². The molecule has 2 aromatic rings. The summed E-state index contributed by atoms with van der Waals surface area (Å²) in [6, 6.07) is 5.38. The Morgan fingerprint density at radius 2 is 1.96 bits per heavy atom. The Kier molecular flexibility index (Phi) is 5.45. The van der Waals surface area contributed by atoms with Crippen molar-refractivity contribution in [2.75, 3.05) is 11.9 Å². The lowest BCUT2D eigenvalue weighted by Gasteiger charge is -2.13. The van der Waals surface area contributed by atoms with Crippen LogP contribution in [0, 0.1) is 0 Å². The lowest BCUT2D eigenvalue weighted by atomic mass is 10.1. The van der Waals surface area contributed by atoms with Crippen LogP contribution in [0.3, 0.4) is 0 Å². The van der Waals surface area contributed by atoms with Crippen LogP contribution in [0.1, 0.15) is 18.1 Å². The molecule has 24 heavy (non-hydrogen) atoms. The number of carbonyl (C=O) groups excluding carboxylic acids is 1. The van der Waals surface area contributed by atoms with Crippen molar-refractivity contribution in [2.24, 2.45) is 0 Å². The molecule has 0 aliphatic rings. The van der Waals surface area contributed by atoms with Crippen molar-refractivity contribution in [1.29, 1.82) is 0 Å². The van der Waals surface area contributed by atoms with Gasteiger partial charge in [0.1, 0.15) is 5.82 Å². The van der Waals surface area contributed by atoms with Gasteiger partial charge >= 0.3 is 12.2 Å². The highest BCUT2D eigenvalue weighted by atomic mass is 19.4. The summed E-state index contributed by atoms with van der Waals surface area (Å²) >= 11 is 0. The molecule has 1 atom stereocenters. The average Bonchev–Trinajstić information content (AvgIpc) is 2.93. The fourth-order valence-corrected chi connectivity index (χ4v) is 1.96. The van der Waals surface area contributed by atoms with Gasteiger partial charge in [0.05, 0.1) is 31.0 Å². The first-order valence-corrected chi connectivity index (χ1v) is 7.16. The van der Waals surface area contributed by atoms with Crippen molar-refractivity contribution in [1.82, 2.24) is 15.1 Å². The molecular weight excluding hydrogens is 325 g/mol. The van der Waals surface area contributed by atoms with Gasteiger partial charge in [0.15, 0.2) is 0 Å². The Labute approximate surface area is 136 Å². The molecule has 0 spiro atoms. The van der Waals surface area contributed by atoms with Gasteiger partial charge in [0.2, 0.25) is 0 Å². The number of carbonyl (C=O) groups is 1. The molecule has 0 aliphatic carbocycles. The highest BCUT2D eigenvalue weighted by molar-refractivity contribution is 5.88. The molecule has 1 heterocycles. The number of urea groups is 1. The van der Waals surface area contributed by atoms with E-state index in [9.17, 15) is 18.0 Å². The Balaban J connectivity index is 2.04. The Morgan fingerprint density at radius 3 is 2.54 bits per heavy atom. The van der Waals surface area contributed by atoms with Gasteiger partial charge in [-0.25, -0.2) is 9.48 Å². The number of amides is 2. The molecule has 1 aromatic carbocycles. The number of nitrogens with one attached hydrogen (secondary N) is 2. The van der Waals surface area contributed by atoms with E-state index in [1.54, 1.807) is 13.0 Å². The summed E-state index contributed by atoms with van der Waals surface area (Å²) in [4.78, 5) is 11.7. The summed E-state index contributed by atoms with van der Waals surface area (Å²) in [6.07, 6.45) is -2.91. The molecule has 9 heteroatoms. The summed E-state index contributed by atoms with van der Waals surface area (Å²) in [5.74, 6) is 0.387. The maximum Gasteiger partial charge on any atom is 0.416 e. The molecule has 1 unspecified atom stereocenters. The summed E-state index contributed by atoms with van der Waals surface area (Å²) in [5, 5.41) is 18.0. The second kappa shape index (κ2) is 7.35. The van der Waals surface area contributed by atoms with Crippen LogP contribution < -0.4 is 10.6 Å². The van der Waals surface area contributed by atoms with E-state index in [2.05, 4.69) is 15.7 Å². The molecular formula is C15H17F3N4O2. The molecule has 0 radical (unpaired) electrons. The highest BCUT2D eigenvalue weighted by Crippen LogP contribution is 2.29. The SMILES string of the molecule is CC(CO)NC(=O)Nc1ccnn1Cc1ccc(C(F)(F)F)cc1. The minimum Gasteiger partial charge on any atom is -0.394 e. The lowest BCUT2D eigenvalue weighted by Crippen LogP contribution is -2.38. The van der Waals surface area contributed by atoms with E-state index in [0.29, 0.717) is 11.4 Å². The number of aromatic nitrogens is 2. The zero-order chi connectivity index (χ0) is 17.7. The van der Waals surface area contributed by atoms with Crippen LogP contribution in [0.15, 0.2) is 36.5 Å². The summed E-state index contributed by atoms with van der Waals surface area (Å²) in [6.45, 7) is 1.65. The van der Waals surface area contributed by atoms with Gasteiger partial charge in [-0.15, -0.1) is 0 Å². The van der Waals surface area contributed by atoms with Crippen molar-refractivity contribution >= 4 is 11.8 Å². The second-order valence-corrected chi connectivity index (χ2v) is 5.25. The lowest BCUT2D eigenvalue weighted by molar-refractivity contribution is -0.137. The van der Waals surface area contributed by atoms with Crippen molar-refractivity contribution in [3.05, 3.63) is 47.7 Å². The largest absolute Gasteiger partial charge is 0.416 e. The summed E-state index contributed by atoms with van der Waals surface area (Å²) in [7, 11) is 0. The topological polar surface area (TPSA) is 79.2 Å². The molecule has 6 nitrogen and oxygen atoms in total. The Morgan fingerprint density at radius 1 is 1.29 bits per heavy atom. The number of rotatable bonds is 5. The second-order valence-electron chi connectivity index (χ2n) is 5.25. The third-order valence-corrected chi connectivity index (χ3v) is 3.22. The number of hydrogen-bond donors (Lipinski definition) is 3. The molecule has 0 fully saturated rings. The predicted molar refractivity (Wildman–Crippen MR) is 81.5 cm³/mol. The van der Waals surface area contributed by atoms with E-state index in [0.717, 1.165) is 12.1 Å². The number of nitrogens with zero attached hydrogens (tertiary/aromatic N) is 2. The summed E-state index contributed by atoms with van der Waals surface area (Å²) in [5.41, 5.74) is -0.110. The van der Waals surface area contributed by atoms with Gasteiger partial charge in [0.25, 0.3) is 0 Å². The van der Waals surface area contributed by atoms with Gasteiger partial charge < -0.3 is 10.4 Å². The number of anilines is 1. The third-order valence-electron chi connectivity index (χ3n) is 3.22. The molecule has 130 valence electrons. The number of halogens is 3. The van der Waals surface area contributed by atoms with Gasteiger partial charge in [-0.05, 0) is 24.6 Å². The zero-order valence-electron chi connectivity index (χ0n) is 12.8. The first-order chi connectivity index (χ1) is 11.3. The quantitative estimate of drug-likeness (QED) is 0.781. The van der Waals surface area contributed by atoms with E-state index >= 15 is 0 Å². The van der Waals surface area contributed by atoms with E-state index in [1.807, 2.05) is 0 Å². The summed E-state index contributed by atoms with van der Waals surface area (Å²) < 4.78 is 39.1. The fraction of sp³-hybridized carbons (Fsp3) is 0.333.